The van der Waals surface area contributed by atoms with Crippen molar-refractivity contribution in [3.05, 3.63) is 146 Å². The molecule has 0 aliphatic heterocycles. The molecule has 0 aromatic carbocycles. The van der Waals surface area contributed by atoms with Crippen molar-refractivity contribution in [3.63, 3.8) is 0 Å². The summed E-state index contributed by atoms with van der Waals surface area (Å²) in [6, 6.07) is 0. The van der Waals surface area contributed by atoms with Crippen LogP contribution in [0.25, 0.3) is 0 Å². The summed E-state index contributed by atoms with van der Waals surface area (Å²) in [6.45, 7) is 6.18. The Morgan fingerprint density at radius 2 is 0.645 bits per heavy atom. The van der Waals surface area contributed by atoms with Gasteiger partial charge in [-0.05, 0) is 77.0 Å². The quantitative estimate of drug-likeness (QED) is 0.0264. The second kappa shape index (κ2) is 49.0. The van der Waals surface area contributed by atoms with Crippen molar-refractivity contribution < 1.29 is 28.6 Å². The van der Waals surface area contributed by atoms with Crippen molar-refractivity contribution in [1.82, 2.24) is 0 Å². The van der Waals surface area contributed by atoms with Crippen molar-refractivity contribution in [2.45, 2.75) is 175 Å². The van der Waals surface area contributed by atoms with Gasteiger partial charge in [0.25, 0.3) is 0 Å². The third-order valence-electron chi connectivity index (χ3n) is 9.34. The molecule has 0 aliphatic rings. The van der Waals surface area contributed by atoms with Crippen LogP contribution >= 0.6 is 0 Å². The van der Waals surface area contributed by atoms with Crippen LogP contribution in [0.2, 0.25) is 0 Å². The molecular formula is C56H84O6. The van der Waals surface area contributed by atoms with Gasteiger partial charge in [0.05, 0.1) is 0 Å². The van der Waals surface area contributed by atoms with Crippen molar-refractivity contribution in [2.24, 2.45) is 0 Å². The summed E-state index contributed by atoms with van der Waals surface area (Å²) in [5.41, 5.74) is 0. The summed E-state index contributed by atoms with van der Waals surface area (Å²) in [7, 11) is 0. The van der Waals surface area contributed by atoms with E-state index in [-0.39, 0.29) is 31.6 Å². The van der Waals surface area contributed by atoms with E-state index in [9.17, 15) is 14.4 Å². The van der Waals surface area contributed by atoms with Gasteiger partial charge in [0.1, 0.15) is 13.2 Å². The Bertz CT molecular complexity index is 1440. The van der Waals surface area contributed by atoms with Gasteiger partial charge < -0.3 is 14.2 Å². The molecule has 62 heavy (non-hydrogen) atoms. The number of allylic oxidation sites excluding steroid dienone is 24. The zero-order valence-electron chi connectivity index (χ0n) is 39.1. The van der Waals surface area contributed by atoms with Gasteiger partial charge in [-0.1, -0.05) is 218 Å². The first-order chi connectivity index (χ1) is 30.5. The summed E-state index contributed by atoms with van der Waals surface area (Å²) >= 11 is 0. The first-order valence-corrected chi connectivity index (χ1v) is 24.0. The predicted molar refractivity (Wildman–Crippen MR) is 265 cm³/mol. The number of esters is 3. The molecule has 0 saturated heterocycles. The molecule has 0 rings (SSSR count). The van der Waals surface area contributed by atoms with Gasteiger partial charge in [0.2, 0.25) is 0 Å². The SMILES string of the molecule is CC\C=C/C=C\C=C/C=C\C=C/CCCC(=O)OC(COC(=O)CCCCCCC\C=C/C=C\C=C/C=C\CCCCC)COC(=O)CCCCCCC\C=C/C=C\C=C/CC. The van der Waals surface area contributed by atoms with Crippen molar-refractivity contribution in [2.75, 3.05) is 13.2 Å². The van der Waals surface area contributed by atoms with E-state index >= 15 is 0 Å². The van der Waals surface area contributed by atoms with Crippen LogP contribution in [0.3, 0.4) is 0 Å². The highest BCUT2D eigenvalue weighted by Crippen LogP contribution is 2.11. The molecule has 0 aromatic heterocycles. The zero-order valence-corrected chi connectivity index (χ0v) is 39.1. The minimum Gasteiger partial charge on any atom is -0.462 e. The van der Waals surface area contributed by atoms with E-state index in [1.165, 1.54) is 19.3 Å². The molecule has 0 radical (unpaired) electrons. The van der Waals surface area contributed by atoms with Crippen LogP contribution < -0.4 is 0 Å². The van der Waals surface area contributed by atoms with Crippen LogP contribution in [0.4, 0.5) is 0 Å². The Morgan fingerprint density at radius 1 is 0.339 bits per heavy atom. The Balaban J connectivity index is 4.59. The van der Waals surface area contributed by atoms with E-state index < -0.39 is 12.1 Å². The Hall–Kier alpha value is -4.71. The van der Waals surface area contributed by atoms with Crippen LogP contribution in [0.5, 0.6) is 0 Å². The van der Waals surface area contributed by atoms with Crippen molar-refractivity contribution in [1.29, 1.82) is 0 Å². The molecule has 0 amide bonds. The van der Waals surface area contributed by atoms with Gasteiger partial charge in [0, 0.05) is 19.3 Å². The molecular weight excluding hydrogens is 769 g/mol. The standard InChI is InChI=1S/C56H84O6/c1-4-7-10-13-16-19-22-25-26-27-28-29-32-34-37-40-43-46-49-55(58)61-52-53(62-56(59)50-47-44-41-38-35-31-24-21-18-15-12-9-6-3)51-60-54(57)48-45-42-39-36-33-30-23-20-17-14-11-8-5-2/h8-9,11-12,14-29,31,35,38,41,53H,4-7,10,13,30,32-34,36-37,39-40,42-52H2,1-3H3/b11-8-,12-9-,17-14-,18-15-,19-16-,23-20-,24-21-,25-22-,27-26-,29-28-,35-31-,41-38-. The fourth-order valence-corrected chi connectivity index (χ4v) is 5.78. The van der Waals surface area contributed by atoms with E-state index in [4.69, 9.17) is 14.2 Å². The normalized spacial score (nSPS) is 13.4. The van der Waals surface area contributed by atoms with Gasteiger partial charge in [0.15, 0.2) is 6.10 Å². The first kappa shape index (κ1) is 57.3. The molecule has 0 spiro atoms. The van der Waals surface area contributed by atoms with E-state index in [0.29, 0.717) is 25.7 Å². The number of carbonyl (C=O) groups excluding carboxylic acids is 3. The van der Waals surface area contributed by atoms with Crippen LogP contribution in [0.1, 0.15) is 168 Å². The molecule has 0 fully saturated rings. The number of ether oxygens (including phenoxy) is 3. The average Bonchev–Trinajstić information content (AvgIpc) is 3.27. The molecule has 6 nitrogen and oxygen atoms in total. The molecule has 1 unspecified atom stereocenters. The van der Waals surface area contributed by atoms with Crippen LogP contribution in [0.15, 0.2) is 146 Å². The van der Waals surface area contributed by atoms with Gasteiger partial charge in [-0.3, -0.25) is 14.4 Å². The molecule has 0 bridgehead atoms. The molecule has 0 N–H and O–H groups in total. The fraction of sp³-hybridized carbons (Fsp3) is 0.518. The Morgan fingerprint density at radius 3 is 1.03 bits per heavy atom. The lowest BCUT2D eigenvalue weighted by molar-refractivity contribution is -0.167. The molecule has 6 heteroatoms. The Kier molecular flexibility index (Phi) is 45.2. The summed E-state index contributed by atoms with van der Waals surface area (Å²) in [5.74, 6) is -1.07. The number of hydrogen-bond donors (Lipinski definition) is 0. The average molecular weight is 853 g/mol. The molecule has 0 aromatic rings. The molecule has 0 heterocycles. The van der Waals surface area contributed by atoms with E-state index in [0.717, 1.165) is 96.3 Å². The molecule has 0 saturated carbocycles. The molecule has 344 valence electrons. The van der Waals surface area contributed by atoms with Crippen LogP contribution in [-0.2, 0) is 28.6 Å². The minimum atomic E-state index is -0.839. The highest BCUT2D eigenvalue weighted by molar-refractivity contribution is 5.71. The lowest BCUT2D eigenvalue weighted by Crippen LogP contribution is -2.30. The number of unbranched alkanes of at least 4 members (excludes halogenated alkanes) is 14. The second-order valence-corrected chi connectivity index (χ2v) is 15.2. The number of carbonyl (C=O) groups is 3. The van der Waals surface area contributed by atoms with E-state index in [2.05, 4.69) is 106 Å². The van der Waals surface area contributed by atoms with E-state index in [1.54, 1.807) is 0 Å². The van der Waals surface area contributed by atoms with Crippen molar-refractivity contribution in [3.8, 4) is 0 Å². The molecule has 1 atom stereocenters. The maximum Gasteiger partial charge on any atom is 0.306 e. The first-order valence-electron chi connectivity index (χ1n) is 24.0. The Labute approximate surface area is 378 Å². The maximum atomic E-state index is 12.7. The number of hydrogen-bond acceptors (Lipinski definition) is 6. The summed E-state index contributed by atoms with van der Waals surface area (Å²) in [5, 5.41) is 0. The second-order valence-electron chi connectivity index (χ2n) is 15.2. The number of rotatable bonds is 40. The predicted octanol–water partition coefficient (Wildman–Crippen LogP) is 15.7. The summed E-state index contributed by atoms with van der Waals surface area (Å²) in [6.07, 6.45) is 69.7. The molecule has 0 aliphatic carbocycles. The third-order valence-corrected chi connectivity index (χ3v) is 9.34. The topological polar surface area (TPSA) is 78.9 Å². The van der Waals surface area contributed by atoms with Gasteiger partial charge >= 0.3 is 17.9 Å². The highest BCUT2D eigenvalue weighted by Gasteiger charge is 2.19. The van der Waals surface area contributed by atoms with Crippen LogP contribution in [-0.4, -0.2) is 37.2 Å². The largest absolute Gasteiger partial charge is 0.462 e. The maximum absolute atomic E-state index is 12.7. The lowest BCUT2D eigenvalue weighted by Gasteiger charge is -2.18. The lowest BCUT2D eigenvalue weighted by atomic mass is 10.1. The van der Waals surface area contributed by atoms with Crippen LogP contribution in [0, 0.1) is 0 Å². The van der Waals surface area contributed by atoms with Gasteiger partial charge in [-0.25, -0.2) is 0 Å². The minimum absolute atomic E-state index is 0.132. The smallest absolute Gasteiger partial charge is 0.306 e. The third kappa shape index (κ3) is 46.4. The zero-order chi connectivity index (χ0) is 45.1. The fourth-order valence-electron chi connectivity index (χ4n) is 5.78. The van der Waals surface area contributed by atoms with Gasteiger partial charge in [-0.2, -0.15) is 0 Å². The van der Waals surface area contributed by atoms with Gasteiger partial charge in [-0.15, -0.1) is 0 Å². The summed E-state index contributed by atoms with van der Waals surface area (Å²) < 4.78 is 16.6. The highest BCUT2D eigenvalue weighted by atomic mass is 16.6. The summed E-state index contributed by atoms with van der Waals surface area (Å²) in [4.78, 5) is 37.8. The monoisotopic (exact) mass is 853 g/mol. The van der Waals surface area contributed by atoms with Crippen molar-refractivity contribution >= 4 is 17.9 Å². The van der Waals surface area contributed by atoms with E-state index in [1.807, 2.05) is 60.8 Å².